The van der Waals surface area contributed by atoms with Crippen LogP contribution >= 0.6 is 11.8 Å². The monoisotopic (exact) mass is 451 g/mol. The minimum absolute atomic E-state index is 0.0698. The second kappa shape index (κ2) is 10.5. The molecule has 0 aliphatic heterocycles. The summed E-state index contributed by atoms with van der Waals surface area (Å²) >= 11 is 1.38. The molecule has 1 saturated carbocycles. The molecule has 0 radical (unpaired) electrons. The van der Waals surface area contributed by atoms with Crippen molar-refractivity contribution in [1.82, 2.24) is 24.9 Å². The van der Waals surface area contributed by atoms with Gasteiger partial charge in [0.2, 0.25) is 11.1 Å². The Balaban J connectivity index is 1.42. The molecular formula is C25H33N5OS. The molecule has 1 amide bonds. The molecule has 32 heavy (non-hydrogen) atoms. The predicted molar refractivity (Wildman–Crippen MR) is 129 cm³/mol. The van der Waals surface area contributed by atoms with E-state index in [-0.39, 0.29) is 5.91 Å². The number of amides is 1. The zero-order valence-electron chi connectivity index (χ0n) is 19.4. The second-order valence-electron chi connectivity index (χ2n) is 8.93. The number of hydrogen-bond donors (Lipinski definition) is 1. The highest BCUT2D eigenvalue weighted by molar-refractivity contribution is 7.99. The summed E-state index contributed by atoms with van der Waals surface area (Å²) in [5.74, 6) is 0.998. The molecule has 1 N–H and O–H groups in total. The topological polar surface area (TPSA) is 72.2 Å². The van der Waals surface area contributed by atoms with Crippen LogP contribution in [0.4, 0.5) is 0 Å². The lowest BCUT2D eigenvalue weighted by Crippen LogP contribution is -2.36. The van der Waals surface area contributed by atoms with Crippen LogP contribution in [0.15, 0.2) is 29.4 Å². The maximum absolute atomic E-state index is 12.5. The van der Waals surface area contributed by atoms with Crippen LogP contribution in [0.1, 0.15) is 73.0 Å². The highest BCUT2D eigenvalue weighted by Crippen LogP contribution is 2.22. The van der Waals surface area contributed by atoms with Gasteiger partial charge in [0, 0.05) is 23.9 Å². The largest absolute Gasteiger partial charge is 0.353 e. The second-order valence-corrected chi connectivity index (χ2v) is 9.87. The Bertz CT molecular complexity index is 1090. The molecule has 7 heteroatoms. The van der Waals surface area contributed by atoms with Gasteiger partial charge in [-0.25, -0.2) is 9.50 Å². The standard InChI is InChI=1S/C25H33N5OS/c1-17-10-9-11-20(14-17)15-22-18(2)26-24-28-25(29-30(24)19(22)3)32-16-23(31)27-21-12-7-5-4-6-8-13-21/h9-11,14,21H,4-8,12-13,15-16H2,1-3H3,(H,27,31). The van der Waals surface area contributed by atoms with Crippen LogP contribution in [0.2, 0.25) is 0 Å². The average Bonchev–Trinajstić information content (AvgIpc) is 3.14. The first kappa shape index (κ1) is 22.8. The molecule has 0 atom stereocenters. The summed E-state index contributed by atoms with van der Waals surface area (Å²) in [4.78, 5) is 21.8. The fourth-order valence-electron chi connectivity index (χ4n) is 4.53. The smallest absolute Gasteiger partial charge is 0.253 e. The molecule has 0 bridgehead atoms. The Kier molecular flexibility index (Phi) is 7.45. The zero-order chi connectivity index (χ0) is 22.5. The third-order valence-electron chi connectivity index (χ3n) is 6.30. The van der Waals surface area contributed by atoms with E-state index >= 15 is 0 Å². The summed E-state index contributed by atoms with van der Waals surface area (Å²) < 4.78 is 1.81. The first-order valence-corrected chi connectivity index (χ1v) is 12.7. The fourth-order valence-corrected chi connectivity index (χ4v) is 5.16. The third kappa shape index (κ3) is 5.68. The maximum atomic E-state index is 12.5. The van der Waals surface area contributed by atoms with Crippen molar-refractivity contribution in [3.05, 3.63) is 52.3 Å². The minimum Gasteiger partial charge on any atom is -0.353 e. The Hall–Kier alpha value is -2.41. The van der Waals surface area contributed by atoms with Crippen LogP contribution < -0.4 is 5.32 Å². The quantitative estimate of drug-likeness (QED) is 0.536. The molecular weight excluding hydrogens is 418 g/mol. The Morgan fingerprint density at radius 1 is 1.09 bits per heavy atom. The van der Waals surface area contributed by atoms with Gasteiger partial charge in [0.25, 0.3) is 5.78 Å². The van der Waals surface area contributed by atoms with Crippen molar-refractivity contribution in [1.29, 1.82) is 0 Å². The molecule has 3 aromatic rings. The summed E-state index contributed by atoms with van der Waals surface area (Å²) in [5.41, 5.74) is 5.71. The van der Waals surface area contributed by atoms with E-state index in [2.05, 4.69) is 53.5 Å². The number of benzene rings is 1. The number of aromatic nitrogens is 4. The van der Waals surface area contributed by atoms with Gasteiger partial charge in [-0.15, -0.1) is 5.10 Å². The normalized spacial score (nSPS) is 15.5. The molecule has 2 aromatic heterocycles. The van der Waals surface area contributed by atoms with E-state index in [0.717, 1.165) is 30.7 Å². The van der Waals surface area contributed by atoms with Gasteiger partial charge in [-0.1, -0.05) is 73.7 Å². The molecule has 0 unspecified atom stereocenters. The summed E-state index contributed by atoms with van der Waals surface area (Å²) in [6, 6.07) is 8.87. The maximum Gasteiger partial charge on any atom is 0.253 e. The average molecular weight is 452 g/mol. The van der Waals surface area contributed by atoms with E-state index in [9.17, 15) is 4.79 Å². The molecule has 170 valence electrons. The number of aryl methyl sites for hydroxylation is 3. The molecule has 6 nitrogen and oxygen atoms in total. The van der Waals surface area contributed by atoms with Crippen molar-refractivity contribution in [2.75, 3.05) is 5.75 Å². The highest BCUT2D eigenvalue weighted by atomic mass is 32.2. The van der Waals surface area contributed by atoms with Crippen molar-refractivity contribution >= 4 is 23.4 Å². The molecule has 0 spiro atoms. The SMILES string of the molecule is Cc1cccc(Cc2c(C)nc3nc(SCC(=O)NC4CCCCCCC4)nn3c2C)c1. The Labute approximate surface area is 194 Å². The number of hydrogen-bond acceptors (Lipinski definition) is 5. The van der Waals surface area contributed by atoms with E-state index < -0.39 is 0 Å². The van der Waals surface area contributed by atoms with E-state index in [1.54, 1.807) is 0 Å². The van der Waals surface area contributed by atoms with Crippen LogP contribution in [0.25, 0.3) is 5.78 Å². The van der Waals surface area contributed by atoms with Crippen LogP contribution in [0, 0.1) is 20.8 Å². The Morgan fingerprint density at radius 3 is 2.59 bits per heavy atom. The molecule has 2 heterocycles. The lowest BCUT2D eigenvalue weighted by atomic mass is 9.97. The minimum atomic E-state index is 0.0698. The molecule has 4 rings (SSSR count). The number of carbonyl (C=O) groups is 1. The van der Waals surface area contributed by atoms with Crippen molar-refractivity contribution in [3.63, 3.8) is 0 Å². The lowest BCUT2D eigenvalue weighted by Gasteiger charge is -2.20. The predicted octanol–water partition coefficient (Wildman–Crippen LogP) is 4.96. The van der Waals surface area contributed by atoms with Crippen LogP contribution in [-0.4, -0.2) is 37.3 Å². The van der Waals surface area contributed by atoms with E-state index in [4.69, 9.17) is 4.98 Å². The van der Waals surface area contributed by atoms with Crippen molar-refractivity contribution in [2.24, 2.45) is 0 Å². The van der Waals surface area contributed by atoms with Gasteiger partial charge in [0.05, 0.1) is 5.75 Å². The zero-order valence-corrected chi connectivity index (χ0v) is 20.2. The molecule has 1 aliphatic carbocycles. The van der Waals surface area contributed by atoms with Gasteiger partial charge in [-0.3, -0.25) is 4.79 Å². The van der Waals surface area contributed by atoms with Gasteiger partial charge in [-0.2, -0.15) is 4.98 Å². The number of fused-ring (bicyclic) bond motifs is 1. The van der Waals surface area contributed by atoms with Crippen molar-refractivity contribution in [3.8, 4) is 0 Å². The molecule has 1 aliphatic rings. The lowest BCUT2D eigenvalue weighted by molar-refractivity contribution is -0.119. The first-order valence-electron chi connectivity index (χ1n) is 11.7. The van der Waals surface area contributed by atoms with E-state index in [1.807, 2.05) is 11.4 Å². The Morgan fingerprint density at radius 2 is 1.84 bits per heavy atom. The van der Waals surface area contributed by atoms with Crippen LogP contribution in [-0.2, 0) is 11.2 Å². The van der Waals surface area contributed by atoms with Crippen molar-refractivity contribution in [2.45, 2.75) is 83.3 Å². The van der Waals surface area contributed by atoms with Crippen LogP contribution in [0.5, 0.6) is 0 Å². The fraction of sp³-hybridized carbons (Fsp3) is 0.520. The number of carbonyl (C=O) groups excluding carboxylic acids is 1. The van der Waals surface area contributed by atoms with Gasteiger partial charge in [-0.05, 0) is 44.7 Å². The molecule has 0 saturated heterocycles. The van der Waals surface area contributed by atoms with E-state index in [1.165, 1.54) is 60.6 Å². The number of thioether (sulfide) groups is 1. The summed E-state index contributed by atoms with van der Waals surface area (Å²) in [5, 5.41) is 8.46. The third-order valence-corrected chi connectivity index (χ3v) is 7.13. The summed E-state index contributed by atoms with van der Waals surface area (Å²) in [6.07, 6.45) is 9.31. The summed E-state index contributed by atoms with van der Waals surface area (Å²) in [7, 11) is 0. The van der Waals surface area contributed by atoms with E-state index in [0.29, 0.717) is 22.7 Å². The number of nitrogens with one attached hydrogen (secondary N) is 1. The van der Waals surface area contributed by atoms with Crippen molar-refractivity contribution < 1.29 is 4.79 Å². The molecule has 1 aromatic carbocycles. The van der Waals surface area contributed by atoms with Gasteiger partial charge >= 0.3 is 0 Å². The summed E-state index contributed by atoms with van der Waals surface area (Å²) in [6.45, 7) is 6.21. The first-order chi connectivity index (χ1) is 15.5. The number of nitrogens with zero attached hydrogens (tertiary/aromatic N) is 4. The molecule has 1 fully saturated rings. The van der Waals surface area contributed by atoms with Gasteiger partial charge in [0.15, 0.2) is 0 Å². The van der Waals surface area contributed by atoms with Crippen LogP contribution in [0.3, 0.4) is 0 Å². The number of rotatable bonds is 6. The van der Waals surface area contributed by atoms with Gasteiger partial charge in [0.1, 0.15) is 0 Å². The van der Waals surface area contributed by atoms with Gasteiger partial charge < -0.3 is 5.32 Å². The highest BCUT2D eigenvalue weighted by Gasteiger charge is 2.17.